The minimum absolute atomic E-state index is 0.113. The molecule has 5 nitrogen and oxygen atoms in total. The fraction of sp³-hybridized carbons (Fsp3) is 0.200. The second kappa shape index (κ2) is 7.57. The zero-order chi connectivity index (χ0) is 19.6. The molecule has 0 aliphatic rings. The Bertz CT molecular complexity index is 961. The standard InChI is InChI=1S/C20H19F2N3O2/c1-12-16(13(2)25(24-12)11-14-6-4-3-5-7-14)10-23-20(27)19-17(22)8-15(21)9-18(19)26/h3-9,26H,10-11H2,1-2H3,(H,23,27). The summed E-state index contributed by atoms with van der Waals surface area (Å²) in [6.45, 7) is 4.42. The predicted molar refractivity (Wildman–Crippen MR) is 96.4 cm³/mol. The third-order valence-corrected chi connectivity index (χ3v) is 4.39. The Labute approximate surface area is 155 Å². The Morgan fingerprint density at radius 2 is 1.89 bits per heavy atom. The molecule has 7 heteroatoms. The summed E-state index contributed by atoms with van der Waals surface area (Å²) in [7, 11) is 0. The van der Waals surface area contributed by atoms with E-state index in [-0.39, 0.29) is 6.54 Å². The zero-order valence-electron chi connectivity index (χ0n) is 15.0. The van der Waals surface area contributed by atoms with E-state index >= 15 is 0 Å². The van der Waals surface area contributed by atoms with Gasteiger partial charge in [0.05, 0.1) is 12.2 Å². The summed E-state index contributed by atoms with van der Waals surface area (Å²) in [5.41, 5.74) is 2.94. The molecular weight excluding hydrogens is 352 g/mol. The van der Waals surface area contributed by atoms with Crippen LogP contribution in [0.2, 0.25) is 0 Å². The molecule has 0 spiro atoms. The highest BCUT2D eigenvalue weighted by molar-refractivity contribution is 5.97. The predicted octanol–water partition coefficient (Wildman–Crippen LogP) is 3.46. The number of carbonyl (C=O) groups excluding carboxylic acids is 1. The lowest BCUT2D eigenvalue weighted by Crippen LogP contribution is -2.24. The molecule has 0 atom stereocenters. The van der Waals surface area contributed by atoms with Crippen molar-refractivity contribution in [1.82, 2.24) is 15.1 Å². The number of hydrogen-bond donors (Lipinski definition) is 2. The summed E-state index contributed by atoms with van der Waals surface area (Å²) in [4.78, 5) is 12.2. The topological polar surface area (TPSA) is 67.2 Å². The van der Waals surface area contributed by atoms with Crippen LogP contribution in [0.25, 0.3) is 0 Å². The number of rotatable bonds is 5. The van der Waals surface area contributed by atoms with E-state index in [9.17, 15) is 18.7 Å². The average molecular weight is 371 g/mol. The van der Waals surface area contributed by atoms with E-state index in [1.165, 1.54) is 0 Å². The Morgan fingerprint density at radius 3 is 2.56 bits per heavy atom. The number of amides is 1. The van der Waals surface area contributed by atoms with Crippen LogP contribution in [0, 0.1) is 25.5 Å². The van der Waals surface area contributed by atoms with Gasteiger partial charge in [-0.3, -0.25) is 9.48 Å². The van der Waals surface area contributed by atoms with Gasteiger partial charge in [0.2, 0.25) is 0 Å². The molecule has 1 amide bonds. The van der Waals surface area contributed by atoms with E-state index in [0.717, 1.165) is 22.5 Å². The first kappa shape index (κ1) is 18.6. The first-order valence-corrected chi connectivity index (χ1v) is 8.40. The zero-order valence-corrected chi connectivity index (χ0v) is 15.0. The van der Waals surface area contributed by atoms with Crippen LogP contribution in [-0.4, -0.2) is 20.8 Å². The van der Waals surface area contributed by atoms with E-state index in [1.807, 2.05) is 48.9 Å². The molecule has 27 heavy (non-hydrogen) atoms. The molecule has 0 radical (unpaired) electrons. The fourth-order valence-electron chi connectivity index (χ4n) is 2.94. The van der Waals surface area contributed by atoms with Gasteiger partial charge in [0, 0.05) is 29.9 Å². The van der Waals surface area contributed by atoms with Gasteiger partial charge >= 0.3 is 0 Å². The van der Waals surface area contributed by atoms with Crippen molar-refractivity contribution in [3.05, 3.63) is 82.2 Å². The van der Waals surface area contributed by atoms with Crippen molar-refractivity contribution in [1.29, 1.82) is 0 Å². The number of benzene rings is 2. The number of halogens is 2. The third-order valence-electron chi connectivity index (χ3n) is 4.39. The van der Waals surface area contributed by atoms with Gasteiger partial charge in [-0.2, -0.15) is 5.10 Å². The second-order valence-corrected chi connectivity index (χ2v) is 6.26. The number of nitrogens with one attached hydrogen (secondary N) is 1. The molecule has 0 fully saturated rings. The molecule has 2 aromatic carbocycles. The molecule has 0 aliphatic carbocycles. The average Bonchev–Trinajstić information content (AvgIpc) is 2.86. The smallest absolute Gasteiger partial charge is 0.258 e. The molecule has 0 bridgehead atoms. The minimum Gasteiger partial charge on any atom is -0.507 e. The molecule has 0 saturated heterocycles. The third kappa shape index (κ3) is 3.97. The Morgan fingerprint density at radius 1 is 1.19 bits per heavy atom. The van der Waals surface area contributed by atoms with Crippen molar-refractivity contribution in [3.8, 4) is 5.75 Å². The van der Waals surface area contributed by atoms with Crippen LogP contribution in [0.1, 0.15) is 32.9 Å². The van der Waals surface area contributed by atoms with Gasteiger partial charge in [0.15, 0.2) is 0 Å². The van der Waals surface area contributed by atoms with Crippen molar-refractivity contribution in [2.75, 3.05) is 0 Å². The molecule has 2 N–H and O–H groups in total. The Kier molecular flexibility index (Phi) is 5.21. The summed E-state index contributed by atoms with van der Waals surface area (Å²) >= 11 is 0. The summed E-state index contributed by atoms with van der Waals surface area (Å²) in [5.74, 6) is -3.62. The highest BCUT2D eigenvalue weighted by Gasteiger charge is 2.20. The number of nitrogens with zero attached hydrogens (tertiary/aromatic N) is 2. The fourth-order valence-corrected chi connectivity index (χ4v) is 2.94. The maximum absolute atomic E-state index is 13.8. The summed E-state index contributed by atoms with van der Waals surface area (Å²) < 4.78 is 28.7. The van der Waals surface area contributed by atoms with Crippen LogP contribution in [0.5, 0.6) is 5.75 Å². The van der Waals surface area contributed by atoms with Crippen molar-refractivity contribution >= 4 is 5.91 Å². The van der Waals surface area contributed by atoms with Gasteiger partial charge < -0.3 is 10.4 Å². The number of aromatic nitrogens is 2. The molecule has 0 aliphatic heterocycles. The highest BCUT2D eigenvalue weighted by Crippen LogP contribution is 2.22. The molecule has 0 unspecified atom stereocenters. The van der Waals surface area contributed by atoms with Gasteiger partial charge in [-0.15, -0.1) is 0 Å². The van der Waals surface area contributed by atoms with Gasteiger partial charge in [-0.25, -0.2) is 8.78 Å². The molecule has 3 rings (SSSR count). The summed E-state index contributed by atoms with van der Waals surface area (Å²) in [6.07, 6.45) is 0. The normalized spacial score (nSPS) is 10.8. The largest absolute Gasteiger partial charge is 0.507 e. The lowest BCUT2D eigenvalue weighted by molar-refractivity contribution is 0.0943. The van der Waals surface area contributed by atoms with Gasteiger partial charge in [0.1, 0.15) is 22.9 Å². The van der Waals surface area contributed by atoms with Crippen LogP contribution < -0.4 is 5.32 Å². The monoisotopic (exact) mass is 371 g/mol. The Hall–Kier alpha value is -3.22. The first-order valence-electron chi connectivity index (χ1n) is 8.40. The quantitative estimate of drug-likeness (QED) is 0.722. The van der Waals surface area contributed by atoms with E-state index in [1.54, 1.807) is 0 Å². The maximum atomic E-state index is 13.8. The SMILES string of the molecule is Cc1nn(Cc2ccccc2)c(C)c1CNC(=O)c1c(O)cc(F)cc1F. The lowest BCUT2D eigenvalue weighted by atomic mass is 10.1. The van der Waals surface area contributed by atoms with Crippen LogP contribution in [0.4, 0.5) is 8.78 Å². The van der Waals surface area contributed by atoms with Gasteiger partial charge in [0.25, 0.3) is 5.91 Å². The second-order valence-electron chi connectivity index (χ2n) is 6.26. The van der Waals surface area contributed by atoms with E-state index in [2.05, 4.69) is 10.4 Å². The van der Waals surface area contributed by atoms with E-state index < -0.39 is 28.9 Å². The number of aryl methyl sites for hydroxylation is 1. The van der Waals surface area contributed by atoms with Crippen molar-refractivity contribution < 1.29 is 18.7 Å². The maximum Gasteiger partial charge on any atom is 0.258 e. The number of aromatic hydroxyl groups is 1. The van der Waals surface area contributed by atoms with Gasteiger partial charge in [-0.05, 0) is 19.4 Å². The molecule has 0 saturated carbocycles. The van der Waals surface area contributed by atoms with Crippen molar-refractivity contribution in [2.24, 2.45) is 0 Å². The summed E-state index contributed by atoms with van der Waals surface area (Å²) in [5, 5.41) is 16.7. The first-order chi connectivity index (χ1) is 12.9. The Balaban J connectivity index is 1.76. The van der Waals surface area contributed by atoms with E-state index in [4.69, 9.17) is 0 Å². The van der Waals surface area contributed by atoms with Crippen molar-refractivity contribution in [3.63, 3.8) is 0 Å². The molecule has 3 aromatic rings. The molecule has 1 heterocycles. The highest BCUT2D eigenvalue weighted by atomic mass is 19.1. The lowest BCUT2D eigenvalue weighted by Gasteiger charge is -2.09. The van der Waals surface area contributed by atoms with Crippen LogP contribution in [0.3, 0.4) is 0 Å². The number of hydrogen-bond acceptors (Lipinski definition) is 3. The molecule has 140 valence electrons. The number of phenols is 1. The number of phenolic OH excluding ortho intramolecular Hbond substituents is 1. The molecular formula is C20H19F2N3O2. The van der Waals surface area contributed by atoms with Gasteiger partial charge in [-0.1, -0.05) is 30.3 Å². The number of carbonyl (C=O) groups is 1. The minimum atomic E-state index is -1.11. The van der Waals surface area contributed by atoms with Crippen molar-refractivity contribution in [2.45, 2.75) is 26.9 Å². The van der Waals surface area contributed by atoms with Crippen LogP contribution in [0.15, 0.2) is 42.5 Å². The van der Waals surface area contributed by atoms with E-state index in [0.29, 0.717) is 18.7 Å². The molecule has 1 aromatic heterocycles. The van der Waals surface area contributed by atoms with Crippen LogP contribution >= 0.6 is 0 Å². The van der Waals surface area contributed by atoms with Crippen LogP contribution in [-0.2, 0) is 13.1 Å². The summed E-state index contributed by atoms with van der Waals surface area (Å²) in [6, 6.07) is 11.1.